The molecule has 0 bridgehead atoms. The summed E-state index contributed by atoms with van der Waals surface area (Å²) in [6.07, 6.45) is 0.958. The van der Waals surface area contributed by atoms with Gasteiger partial charge in [0.2, 0.25) is 0 Å². The van der Waals surface area contributed by atoms with Crippen molar-refractivity contribution in [1.82, 2.24) is 14.9 Å². The van der Waals surface area contributed by atoms with E-state index in [1.54, 1.807) is 18.2 Å². The topological polar surface area (TPSA) is 76.1 Å². The lowest BCUT2D eigenvalue weighted by molar-refractivity contribution is 0.0757. The van der Waals surface area contributed by atoms with Crippen LogP contribution in [-0.4, -0.2) is 34.7 Å². The molecule has 0 radical (unpaired) electrons. The number of nitrogens with one attached hydrogen (secondary N) is 2. The highest BCUT2D eigenvalue weighted by molar-refractivity contribution is 9.10. The van der Waals surface area contributed by atoms with Crippen molar-refractivity contribution in [3.63, 3.8) is 0 Å². The second-order valence-electron chi connectivity index (χ2n) is 7.24. The summed E-state index contributed by atoms with van der Waals surface area (Å²) in [7, 11) is 0. The van der Waals surface area contributed by atoms with E-state index in [0.29, 0.717) is 40.9 Å². The van der Waals surface area contributed by atoms with Crippen LogP contribution in [0.4, 0.5) is 0 Å². The number of ether oxygens (including phenoxy) is 1. The van der Waals surface area contributed by atoms with Crippen molar-refractivity contribution >= 4 is 45.0 Å². The lowest BCUT2D eigenvalue weighted by Crippen LogP contribution is -2.25. The molecule has 3 rings (SSSR count). The minimum atomic E-state index is -0.152. The molecule has 1 amide bonds. The summed E-state index contributed by atoms with van der Waals surface area (Å²) in [6, 6.07) is 12.6. The van der Waals surface area contributed by atoms with Crippen LogP contribution in [0.3, 0.4) is 0 Å². The summed E-state index contributed by atoms with van der Waals surface area (Å²) in [5.74, 6) is -0.129. The van der Waals surface area contributed by atoms with Crippen molar-refractivity contribution in [2.75, 3.05) is 13.2 Å². The van der Waals surface area contributed by atoms with E-state index < -0.39 is 0 Å². The maximum Gasteiger partial charge on any atom is 0.262 e. The largest absolute Gasteiger partial charge is 0.379 e. The monoisotopic (exact) mass is 489 g/mol. The molecule has 0 spiro atoms. The van der Waals surface area contributed by atoms with Crippen molar-refractivity contribution in [3.05, 3.63) is 73.2 Å². The maximum absolute atomic E-state index is 12.9. The molecule has 0 aliphatic carbocycles. The highest BCUT2D eigenvalue weighted by Gasteiger charge is 2.09. The first-order valence-electron chi connectivity index (χ1n) is 9.76. The Labute approximate surface area is 188 Å². The molecule has 1 aromatic heterocycles. The molecule has 158 valence electrons. The number of hydrogen-bond acceptors (Lipinski definition) is 4. The Morgan fingerprint density at radius 3 is 2.67 bits per heavy atom. The van der Waals surface area contributed by atoms with E-state index in [4.69, 9.17) is 17.0 Å². The fraction of sp³-hybridized carbons (Fsp3) is 0.318. The molecular weight excluding hydrogens is 466 g/mol. The SMILES string of the molecule is CC(C)OCCCNC(=O)c1ccc(Cn2c(=S)[nH]c3ccc(Br)cc3c2=O)cc1. The molecule has 1 heterocycles. The van der Waals surface area contributed by atoms with Gasteiger partial charge in [-0.05, 0) is 68.4 Å². The molecule has 0 atom stereocenters. The predicted molar refractivity (Wildman–Crippen MR) is 125 cm³/mol. The maximum atomic E-state index is 12.9. The zero-order chi connectivity index (χ0) is 21.7. The normalized spacial score (nSPS) is 11.2. The van der Waals surface area contributed by atoms with Gasteiger partial charge >= 0.3 is 0 Å². The summed E-state index contributed by atoms with van der Waals surface area (Å²) in [5, 5.41) is 3.45. The quantitative estimate of drug-likeness (QED) is 0.362. The van der Waals surface area contributed by atoms with Crippen LogP contribution in [0.2, 0.25) is 0 Å². The van der Waals surface area contributed by atoms with E-state index in [1.807, 2.05) is 38.1 Å². The van der Waals surface area contributed by atoms with E-state index in [1.165, 1.54) is 4.57 Å². The minimum absolute atomic E-state index is 0.129. The van der Waals surface area contributed by atoms with Gasteiger partial charge in [-0.1, -0.05) is 28.1 Å². The molecule has 6 nitrogen and oxygen atoms in total. The molecule has 2 aromatic carbocycles. The van der Waals surface area contributed by atoms with Gasteiger partial charge in [0.05, 0.1) is 23.6 Å². The van der Waals surface area contributed by atoms with Crippen molar-refractivity contribution in [2.45, 2.75) is 32.9 Å². The number of aromatic nitrogens is 2. The third kappa shape index (κ3) is 5.65. The summed E-state index contributed by atoms with van der Waals surface area (Å²) >= 11 is 8.77. The number of carbonyl (C=O) groups excluding carboxylic acids is 1. The van der Waals surface area contributed by atoms with Crippen molar-refractivity contribution < 1.29 is 9.53 Å². The Kier molecular flexibility index (Phi) is 7.58. The van der Waals surface area contributed by atoms with Gasteiger partial charge in [0.25, 0.3) is 11.5 Å². The van der Waals surface area contributed by atoms with Crippen molar-refractivity contribution in [3.8, 4) is 0 Å². The number of benzene rings is 2. The van der Waals surface area contributed by atoms with Gasteiger partial charge in [0.1, 0.15) is 0 Å². The third-order valence-electron chi connectivity index (χ3n) is 4.56. The number of nitrogens with zero attached hydrogens (tertiary/aromatic N) is 1. The van der Waals surface area contributed by atoms with Crippen LogP contribution in [0.1, 0.15) is 36.2 Å². The van der Waals surface area contributed by atoms with Crippen LogP contribution >= 0.6 is 28.1 Å². The smallest absolute Gasteiger partial charge is 0.262 e. The molecular formula is C22H24BrN3O3S. The predicted octanol–water partition coefficient (Wildman–Crippen LogP) is 4.41. The minimum Gasteiger partial charge on any atom is -0.379 e. The first-order valence-corrected chi connectivity index (χ1v) is 11.0. The van der Waals surface area contributed by atoms with Crippen LogP contribution in [0.25, 0.3) is 10.9 Å². The van der Waals surface area contributed by atoms with Crippen molar-refractivity contribution in [2.24, 2.45) is 0 Å². The molecule has 8 heteroatoms. The van der Waals surface area contributed by atoms with Crippen molar-refractivity contribution in [1.29, 1.82) is 0 Å². The van der Waals surface area contributed by atoms with Gasteiger partial charge in [0, 0.05) is 23.2 Å². The van der Waals surface area contributed by atoms with Gasteiger partial charge in [0.15, 0.2) is 4.77 Å². The van der Waals surface area contributed by atoms with E-state index in [2.05, 4.69) is 26.2 Å². The second-order valence-corrected chi connectivity index (χ2v) is 8.54. The summed E-state index contributed by atoms with van der Waals surface area (Å²) < 4.78 is 8.17. The average molecular weight is 490 g/mol. The molecule has 0 unspecified atom stereocenters. The van der Waals surface area contributed by atoms with Gasteiger partial charge in [-0.2, -0.15) is 0 Å². The number of H-pyrrole nitrogens is 1. The zero-order valence-corrected chi connectivity index (χ0v) is 19.3. The molecule has 0 fully saturated rings. The molecule has 0 aliphatic rings. The number of rotatable bonds is 8. The van der Waals surface area contributed by atoms with E-state index >= 15 is 0 Å². The van der Waals surface area contributed by atoms with Gasteiger partial charge in [-0.3, -0.25) is 14.2 Å². The highest BCUT2D eigenvalue weighted by Crippen LogP contribution is 2.16. The Morgan fingerprint density at radius 1 is 1.23 bits per heavy atom. The fourth-order valence-electron chi connectivity index (χ4n) is 3.01. The number of fused-ring (bicyclic) bond motifs is 1. The first-order chi connectivity index (χ1) is 14.3. The molecule has 2 N–H and O–H groups in total. The average Bonchev–Trinajstić information content (AvgIpc) is 2.71. The van der Waals surface area contributed by atoms with Crippen LogP contribution in [0.15, 0.2) is 51.7 Å². The molecule has 30 heavy (non-hydrogen) atoms. The van der Waals surface area contributed by atoms with E-state index in [-0.39, 0.29) is 17.6 Å². The second kappa shape index (κ2) is 10.1. The zero-order valence-electron chi connectivity index (χ0n) is 16.9. The molecule has 3 aromatic rings. The highest BCUT2D eigenvalue weighted by atomic mass is 79.9. The Hall–Kier alpha value is -2.29. The fourth-order valence-corrected chi connectivity index (χ4v) is 3.62. The van der Waals surface area contributed by atoms with Gasteiger partial charge in [-0.25, -0.2) is 0 Å². The molecule has 0 aliphatic heterocycles. The third-order valence-corrected chi connectivity index (χ3v) is 5.37. The Balaban J connectivity index is 1.68. The molecule has 0 saturated carbocycles. The number of hydrogen-bond donors (Lipinski definition) is 2. The van der Waals surface area contributed by atoms with Crippen LogP contribution in [0.5, 0.6) is 0 Å². The number of halogens is 1. The summed E-state index contributed by atoms with van der Waals surface area (Å²) in [4.78, 5) is 28.2. The summed E-state index contributed by atoms with van der Waals surface area (Å²) in [5.41, 5.74) is 2.01. The van der Waals surface area contributed by atoms with E-state index in [0.717, 1.165) is 16.5 Å². The lowest BCUT2D eigenvalue weighted by atomic mass is 10.1. The first kappa shape index (κ1) is 22.4. The van der Waals surface area contributed by atoms with Crippen LogP contribution in [0, 0.1) is 4.77 Å². The Morgan fingerprint density at radius 2 is 1.97 bits per heavy atom. The summed E-state index contributed by atoms with van der Waals surface area (Å²) in [6.45, 7) is 5.47. The number of amides is 1. The Bertz CT molecular complexity index is 1150. The number of carbonyl (C=O) groups is 1. The van der Waals surface area contributed by atoms with Gasteiger partial charge in [-0.15, -0.1) is 0 Å². The van der Waals surface area contributed by atoms with Gasteiger partial charge < -0.3 is 15.0 Å². The standard InChI is InChI=1S/C22H24BrN3O3S/c1-14(2)29-11-3-10-24-20(27)16-6-4-15(5-7-16)13-26-21(28)18-12-17(23)8-9-19(18)25-22(26)30/h4-9,12,14H,3,10-11,13H2,1-2H3,(H,24,27)(H,25,30). The number of aromatic amines is 1. The molecule has 0 saturated heterocycles. The van der Waals surface area contributed by atoms with Crippen LogP contribution in [-0.2, 0) is 11.3 Å². The van der Waals surface area contributed by atoms with E-state index in [9.17, 15) is 9.59 Å². The van der Waals surface area contributed by atoms with Crippen LogP contribution < -0.4 is 10.9 Å². The lowest BCUT2D eigenvalue weighted by Gasteiger charge is -2.10.